The Morgan fingerprint density at radius 2 is 2.14 bits per heavy atom. The highest BCUT2D eigenvalue weighted by Gasteiger charge is 2.25. The predicted molar refractivity (Wildman–Crippen MR) is 84.6 cm³/mol. The summed E-state index contributed by atoms with van der Waals surface area (Å²) < 4.78 is 32.9. The number of nitrogens with zero attached hydrogens (tertiary/aromatic N) is 1. The van der Waals surface area contributed by atoms with Crippen molar-refractivity contribution in [3.63, 3.8) is 0 Å². The van der Waals surface area contributed by atoms with E-state index in [2.05, 4.69) is 26.0 Å². The fraction of sp³-hybridized carbons (Fsp3) is 0.692. The molecule has 0 amide bonds. The fourth-order valence-electron chi connectivity index (χ4n) is 1.69. The number of halogens is 1. The van der Waals surface area contributed by atoms with E-state index in [1.165, 1.54) is 12.8 Å². The van der Waals surface area contributed by atoms with Crippen LogP contribution in [0.3, 0.4) is 0 Å². The first-order chi connectivity index (χ1) is 9.79. The third-order valence-corrected chi connectivity index (χ3v) is 5.87. The van der Waals surface area contributed by atoms with Gasteiger partial charge < -0.3 is 14.6 Å². The Kier molecular flexibility index (Phi) is 5.48. The van der Waals surface area contributed by atoms with Crippen LogP contribution in [0.5, 0.6) is 0 Å². The van der Waals surface area contributed by atoms with E-state index in [-0.39, 0.29) is 15.6 Å². The summed E-state index contributed by atoms with van der Waals surface area (Å²) in [5, 5.41) is 3.29. The van der Waals surface area contributed by atoms with Crippen molar-refractivity contribution < 1.29 is 12.8 Å². The van der Waals surface area contributed by atoms with Crippen LogP contribution in [0.4, 0.5) is 0 Å². The highest BCUT2D eigenvalue weighted by Crippen LogP contribution is 2.27. The second-order valence-electron chi connectivity index (χ2n) is 5.67. The van der Waals surface area contributed by atoms with Crippen LogP contribution in [0.25, 0.3) is 0 Å². The molecule has 1 atom stereocenters. The summed E-state index contributed by atoms with van der Waals surface area (Å²) in [5.41, 5.74) is 0. The Morgan fingerprint density at radius 3 is 2.71 bits per heavy atom. The average molecular weight is 380 g/mol. The number of hydrogen-bond donors (Lipinski definition) is 2. The number of nitrogens with one attached hydrogen (secondary N) is 2. The molecule has 0 aliphatic heterocycles. The second kappa shape index (κ2) is 6.78. The van der Waals surface area contributed by atoms with Crippen LogP contribution < -0.4 is 10.0 Å². The lowest BCUT2D eigenvalue weighted by molar-refractivity contribution is 0.314. The molecule has 1 aliphatic rings. The number of sulfonamides is 1. The van der Waals surface area contributed by atoms with Gasteiger partial charge in [0.25, 0.3) is 0 Å². The van der Waals surface area contributed by atoms with Gasteiger partial charge in [0.05, 0.1) is 6.54 Å². The quantitative estimate of drug-likeness (QED) is 0.716. The van der Waals surface area contributed by atoms with Crippen molar-refractivity contribution in [3.8, 4) is 0 Å². The van der Waals surface area contributed by atoms with Crippen molar-refractivity contribution >= 4 is 26.0 Å². The smallest absolute Gasteiger partial charge is 0.245 e. The van der Waals surface area contributed by atoms with E-state index in [4.69, 9.17) is 4.42 Å². The second-order valence-corrected chi connectivity index (χ2v) is 8.13. The first kappa shape index (κ1) is 17.0. The van der Waals surface area contributed by atoms with Crippen LogP contribution in [-0.4, -0.2) is 46.0 Å². The highest BCUT2D eigenvalue weighted by atomic mass is 79.9. The van der Waals surface area contributed by atoms with Gasteiger partial charge in [-0.15, -0.1) is 0 Å². The van der Waals surface area contributed by atoms with Crippen molar-refractivity contribution in [1.82, 2.24) is 14.9 Å². The molecule has 6 nitrogen and oxygen atoms in total. The maximum Gasteiger partial charge on any atom is 0.245 e. The predicted octanol–water partition coefficient (Wildman–Crippen LogP) is 1.52. The first-order valence-corrected chi connectivity index (χ1v) is 9.25. The highest BCUT2D eigenvalue weighted by molar-refractivity contribution is 9.10. The molecule has 0 spiro atoms. The minimum absolute atomic E-state index is 0.112. The van der Waals surface area contributed by atoms with Gasteiger partial charge in [0.15, 0.2) is 4.67 Å². The Hall–Kier alpha value is -0.410. The van der Waals surface area contributed by atoms with E-state index < -0.39 is 10.0 Å². The molecule has 0 bridgehead atoms. The standard InChI is InChI=1S/C13H22BrN3O3S/c1-9(17(2)3)7-16-21(18,19)12-6-11(20-13(12)14)8-15-10-4-5-10/h6,9-10,15-16H,4-5,7-8H2,1-3H3. The largest absolute Gasteiger partial charge is 0.452 e. The van der Waals surface area contributed by atoms with Crippen molar-refractivity contribution in [2.45, 2.75) is 43.3 Å². The summed E-state index contributed by atoms with van der Waals surface area (Å²) >= 11 is 3.19. The summed E-state index contributed by atoms with van der Waals surface area (Å²) in [6.07, 6.45) is 2.36. The van der Waals surface area contributed by atoms with Crippen molar-refractivity contribution in [2.24, 2.45) is 0 Å². The summed E-state index contributed by atoms with van der Waals surface area (Å²) in [5.74, 6) is 0.620. The lowest BCUT2D eigenvalue weighted by Crippen LogP contribution is -2.38. The zero-order chi connectivity index (χ0) is 15.6. The van der Waals surface area contributed by atoms with Crippen LogP contribution in [0.1, 0.15) is 25.5 Å². The SMILES string of the molecule is CC(CNS(=O)(=O)c1cc(CNC2CC2)oc1Br)N(C)C. The van der Waals surface area contributed by atoms with Crippen LogP contribution in [-0.2, 0) is 16.6 Å². The Balaban J connectivity index is 2.00. The summed E-state index contributed by atoms with van der Waals surface area (Å²) in [6.45, 7) is 2.85. The Labute approximate surface area is 134 Å². The number of rotatable bonds is 8. The Morgan fingerprint density at radius 1 is 1.48 bits per heavy atom. The third-order valence-electron chi connectivity index (χ3n) is 3.59. The molecule has 2 rings (SSSR count). The van der Waals surface area contributed by atoms with E-state index in [1.807, 2.05) is 25.9 Å². The van der Waals surface area contributed by atoms with Gasteiger partial charge >= 0.3 is 0 Å². The molecule has 2 N–H and O–H groups in total. The van der Waals surface area contributed by atoms with Gasteiger partial charge in [-0.2, -0.15) is 0 Å². The molecule has 0 saturated heterocycles. The molecule has 0 radical (unpaired) electrons. The van der Waals surface area contributed by atoms with Crippen LogP contribution in [0.2, 0.25) is 0 Å². The minimum Gasteiger partial charge on any atom is -0.452 e. The number of likely N-dealkylation sites (N-methyl/N-ethyl adjacent to an activating group) is 1. The van der Waals surface area contributed by atoms with Crippen LogP contribution in [0, 0.1) is 0 Å². The normalized spacial score (nSPS) is 17.4. The van der Waals surface area contributed by atoms with Gasteiger partial charge in [0.1, 0.15) is 10.7 Å². The minimum atomic E-state index is -3.57. The molecular formula is C13H22BrN3O3S. The van der Waals surface area contributed by atoms with Gasteiger partial charge in [-0.3, -0.25) is 0 Å². The van der Waals surface area contributed by atoms with Crippen molar-refractivity contribution in [3.05, 3.63) is 16.5 Å². The fourth-order valence-corrected chi connectivity index (χ4v) is 3.81. The average Bonchev–Trinajstić information content (AvgIpc) is 3.16. The molecular weight excluding hydrogens is 358 g/mol. The molecule has 8 heteroatoms. The maximum absolute atomic E-state index is 12.3. The van der Waals surface area contributed by atoms with E-state index in [1.54, 1.807) is 6.07 Å². The van der Waals surface area contributed by atoms with Crippen molar-refractivity contribution in [1.29, 1.82) is 0 Å². The maximum atomic E-state index is 12.3. The Bertz CT molecular complexity index is 581. The molecule has 120 valence electrons. The zero-order valence-electron chi connectivity index (χ0n) is 12.5. The lowest BCUT2D eigenvalue weighted by Gasteiger charge is -2.19. The van der Waals surface area contributed by atoms with Gasteiger partial charge in [-0.25, -0.2) is 13.1 Å². The van der Waals surface area contributed by atoms with Crippen LogP contribution >= 0.6 is 15.9 Å². The van der Waals surface area contributed by atoms with Crippen LogP contribution in [0.15, 0.2) is 20.0 Å². The summed E-state index contributed by atoms with van der Waals surface area (Å²) in [4.78, 5) is 2.11. The van der Waals surface area contributed by atoms with Gasteiger partial charge in [0.2, 0.25) is 10.0 Å². The molecule has 1 heterocycles. The van der Waals surface area contributed by atoms with Crippen molar-refractivity contribution in [2.75, 3.05) is 20.6 Å². The molecule has 21 heavy (non-hydrogen) atoms. The molecule has 1 aromatic rings. The lowest BCUT2D eigenvalue weighted by atomic mass is 10.3. The molecule has 1 aromatic heterocycles. The molecule has 1 aliphatic carbocycles. The monoisotopic (exact) mass is 379 g/mol. The van der Waals surface area contributed by atoms with Gasteiger partial charge in [-0.1, -0.05) is 0 Å². The number of hydrogen-bond acceptors (Lipinski definition) is 5. The molecule has 1 unspecified atom stereocenters. The number of furan rings is 1. The van der Waals surface area contributed by atoms with E-state index in [9.17, 15) is 8.42 Å². The van der Waals surface area contributed by atoms with E-state index >= 15 is 0 Å². The first-order valence-electron chi connectivity index (χ1n) is 6.97. The third kappa shape index (κ3) is 4.79. The topological polar surface area (TPSA) is 74.6 Å². The van der Waals surface area contributed by atoms with E-state index in [0.29, 0.717) is 24.9 Å². The zero-order valence-corrected chi connectivity index (χ0v) is 14.9. The molecule has 1 saturated carbocycles. The van der Waals surface area contributed by atoms with E-state index in [0.717, 1.165) is 0 Å². The van der Waals surface area contributed by atoms with Gasteiger partial charge in [-0.05, 0) is 49.8 Å². The molecule has 1 fully saturated rings. The molecule has 0 aromatic carbocycles. The van der Waals surface area contributed by atoms with Gasteiger partial charge in [0, 0.05) is 24.7 Å². The summed E-state index contributed by atoms with van der Waals surface area (Å²) in [7, 11) is 0.255. The summed E-state index contributed by atoms with van der Waals surface area (Å²) in [6, 6.07) is 2.23.